The highest BCUT2D eigenvalue weighted by Crippen LogP contribution is 2.25. The summed E-state index contributed by atoms with van der Waals surface area (Å²) in [7, 11) is -4.07. The molecule has 0 saturated heterocycles. The molecule has 12 heteroatoms. The number of halogens is 1. The topological polar surface area (TPSA) is 153 Å². The molecule has 3 rings (SSSR count). The van der Waals surface area contributed by atoms with Crippen molar-refractivity contribution in [2.75, 3.05) is 5.32 Å². The van der Waals surface area contributed by atoms with E-state index in [0.29, 0.717) is 0 Å². The highest BCUT2D eigenvalue weighted by Gasteiger charge is 2.14. The number of anilines is 1. The first-order valence-corrected chi connectivity index (χ1v) is 10.8. The summed E-state index contributed by atoms with van der Waals surface area (Å²) in [6.45, 7) is 1.42. The van der Waals surface area contributed by atoms with Gasteiger partial charge < -0.3 is 20.1 Å². The first kappa shape index (κ1) is 23.5. The molecule has 33 heavy (non-hydrogen) atoms. The van der Waals surface area contributed by atoms with E-state index in [1.54, 1.807) is 12.1 Å². The lowest BCUT2D eigenvalue weighted by Crippen LogP contribution is -2.28. The van der Waals surface area contributed by atoms with Gasteiger partial charge in [0.1, 0.15) is 23.5 Å². The number of benzene rings is 2. The van der Waals surface area contributed by atoms with E-state index in [1.807, 2.05) is 12.2 Å². The smallest absolute Gasteiger partial charge is 0.409 e. The molecule has 2 aromatic carbocycles. The van der Waals surface area contributed by atoms with E-state index in [1.165, 1.54) is 47.2 Å². The number of hydrogen-bond donors (Lipinski definition) is 3. The number of nitrogens with two attached hydrogens (primary N) is 1. The molecule has 0 aliphatic rings. The van der Waals surface area contributed by atoms with Gasteiger partial charge in [0.2, 0.25) is 5.91 Å². The van der Waals surface area contributed by atoms with Crippen molar-refractivity contribution < 1.29 is 32.2 Å². The van der Waals surface area contributed by atoms with Gasteiger partial charge in [-0.1, -0.05) is 17.7 Å². The van der Waals surface area contributed by atoms with Gasteiger partial charge in [0.25, 0.3) is 10.0 Å². The molecule has 0 fully saturated rings. The predicted molar refractivity (Wildman–Crippen MR) is 116 cm³/mol. The second-order valence-electron chi connectivity index (χ2n) is 6.87. The average molecular weight is 474 g/mol. The van der Waals surface area contributed by atoms with Crippen molar-refractivity contribution in [3.05, 3.63) is 77.7 Å². The second kappa shape index (κ2) is 9.53. The van der Waals surface area contributed by atoms with E-state index in [0.717, 1.165) is 11.6 Å². The summed E-state index contributed by atoms with van der Waals surface area (Å²) in [6.07, 6.45) is -0.134. The fourth-order valence-electron chi connectivity index (χ4n) is 2.75. The molecule has 1 heterocycles. The van der Waals surface area contributed by atoms with Gasteiger partial charge in [-0.2, -0.15) is 8.42 Å². The molecule has 0 aliphatic heterocycles. The Kier molecular flexibility index (Phi) is 6.78. The predicted octanol–water partition coefficient (Wildman–Crippen LogP) is 2.59. The maximum atomic E-state index is 14.0. The summed E-state index contributed by atoms with van der Waals surface area (Å²) in [6, 6.07) is 12.2. The summed E-state index contributed by atoms with van der Waals surface area (Å²) >= 11 is 0. The third-order valence-corrected chi connectivity index (χ3v) is 5.55. The number of aromatic nitrogens is 1. The van der Waals surface area contributed by atoms with Crippen LogP contribution < -0.4 is 21.3 Å². The van der Waals surface area contributed by atoms with Gasteiger partial charge in [-0.25, -0.2) is 9.18 Å². The van der Waals surface area contributed by atoms with Crippen LogP contribution in [0.15, 0.2) is 70.1 Å². The van der Waals surface area contributed by atoms with Gasteiger partial charge in [-0.3, -0.25) is 10.1 Å². The third kappa shape index (κ3) is 6.17. The van der Waals surface area contributed by atoms with E-state index < -0.39 is 34.4 Å². The van der Waals surface area contributed by atoms with Crippen LogP contribution in [-0.4, -0.2) is 30.1 Å². The van der Waals surface area contributed by atoms with E-state index >= 15 is 0 Å². The van der Waals surface area contributed by atoms with Crippen LogP contribution in [0.5, 0.6) is 11.5 Å². The van der Waals surface area contributed by atoms with Crippen LogP contribution in [0.2, 0.25) is 0 Å². The zero-order valence-corrected chi connectivity index (χ0v) is 18.0. The maximum Gasteiger partial charge on any atom is 0.409 e. The molecule has 0 saturated carbocycles. The second-order valence-corrected chi connectivity index (χ2v) is 8.47. The SMILES string of the molecule is Cc1ccc(S(=O)(=O)/N=c2/ccc(Oc3ccc(NC(=O)O)c(F)c3)cn2CC(N)=O)cc1. The van der Waals surface area contributed by atoms with E-state index in [4.69, 9.17) is 15.6 Å². The Labute approximate surface area is 187 Å². The van der Waals surface area contributed by atoms with Crippen LogP contribution in [0.1, 0.15) is 5.56 Å². The third-order valence-electron chi connectivity index (χ3n) is 4.25. The Morgan fingerprint density at radius 2 is 1.79 bits per heavy atom. The monoisotopic (exact) mass is 474 g/mol. The molecule has 2 amide bonds. The highest BCUT2D eigenvalue weighted by molar-refractivity contribution is 7.90. The van der Waals surface area contributed by atoms with Crippen LogP contribution in [0.25, 0.3) is 0 Å². The largest absolute Gasteiger partial charge is 0.465 e. The Balaban J connectivity index is 1.96. The van der Waals surface area contributed by atoms with Crippen LogP contribution in [-0.2, 0) is 21.4 Å². The molecule has 3 aromatic rings. The molecular formula is C21H19FN4O6S. The highest BCUT2D eigenvalue weighted by atomic mass is 32.2. The van der Waals surface area contributed by atoms with Crippen molar-refractivity contribution >= 4 is 27.7 Å². The number of hydrogen-bond acceptors (Lipinski definition) is 5. The van der Waals surface area contributed by atoms with Gasteiger partial charge in [0, 0.05) is 12.3 Å². The number of ether oxygens (including phenoxy) is 1. The maximum absolute atomic E-state index is 14.0. The van der Waals surface area contributed by atoms with Crippen molar-refractivity contribution in [2.24, 2.45) is 10.1 Å². The number of rotatable bonds is 7. The molecular weight excluding hydrogens is 455 g/mol. The number of sulfonamides is 1. The number of nitrogens with zero attached hydrogens (tertiary/aromatic N) is 2. The Morgan fingerprint density at radius 1 is 1.12 bits per heavy atom. The quantitative estimate of drug-likeness (QED) is 0.478. The fourth-order valence-corrected chi connectivity index (χ4v) is 3.75. The molecule has 10 nitrogen and oxygen atoms in total. The van der Waals surface area contributed by atoms with Gasteiger partial charge in [-0.05, 0) is 43.3 Å². The number of pyridine rings is 1. The molecule has 0 aliphatic carbocycles. The summed E-state index contributed by atoms with van der Waals surface area (Å²) in [5.41, 5.74) is 5.81. The lowest BCUT2D eigenvalue weighted by atomic mass is 10.2. The van der Waals surface area contributed by atoms with Gasteiger partial charge in [0.05, 0.1) is 10.6 Å². The van der Waals surface area contributed by atoms with Crippen molar-refractivity contribution in [1.29, 1.82) is 0 Å². The Bertz CT molecular complexity index is 1380. The Morgan fingerprint density at radius 3 is 2.39 bits per heavy atom. The average Bonchev–Trinajstić information content (AvgIpc) is 2.71. The van der Waals surface area contributed by atoms with Gasteiger partial charge in [-0.15, -0.1) is 4.40 Å². The fraction of sp³-hybridized carbons (Fsp3) is 0.0952. The van der Waals surface area contributed by atoms with Gasteiger partial charge in [0.15, 0.2) is 5.82 Å². The van der Waals surface area contributed by atoms with E-state index in [9.17, 15) is 22.4 Å². The Hall–Kier alpha value is -4.19. The minimum Gasteiger partial charge on any atom is -0.465 e. The van der Waals surface area contributed by atoms with Crippen LogP contribution in [0, 0.1) is 12.7 Å². The van der Waals surface area contributed by atoms with Crippen molar-refractivity contribution in [3.8, 4) is 11.5 Å². The van der Waals surface area contributed by atoms with Crippen LogP contribution in [0.4, 0.5) is 14.9 Å². The van der Waals surface area contributed by atoms with Gasteiger partial charge >= 0.3 is 6.09 Å². The van der Waals surface area contributed by atoms with Crippen LogP contribution in [0.3, 0.4) is 0 Å². The molecule has 0 bridgehead atoms. The lowest BCUT2D eigenvalue weighted by Gasteiger charge is -2.11. The molecule has 0 atom stereocenters. The summed E-state index contributed by atoms with van der Waals surface area (Å²) < 4.78 is 49.9. The first-order valence-electron chi connectivity index (χ1n) is 9.37. The van der Waals surface area contributed by atoms with Crippen molar-refractivity contribution in [1.82, 2.24) is 4.57 Å². The summed E-state index contributed by atoms with van der Waals surface area (Å²) in [4.78, 5) is 22.1. The molecule has 0 spiro atoms. The lowest BCUT2D eigenvalue weighted by molar-refractivity contribution is -0.118. The number of aryl methyl sites for hydroxylation is 1. The molecule has 0 radical (unpaired) electrons. The minimum absolute atomic E-state index is 0.0235. The molecule has 0 unspecified atom stereocenters. The number of carbonyl (C=O) groups excluding carboxylic acids is 1. The molecule has 172 valence electrons. The van der Waals surface area contributed by atoms with E-state index in [2.05, 4.69) is 4.40 Å². The number of carbonyl (C=O) groups is 2. The van der Waals surface area contributed by atoms with Crippen LogP contribution >= 0.6 is 0 Å². The van der Waals surface area contributed by atoms with Crippen molar-refractivity contribution in [2.45, 2.75) is 18.4 Å². The first-order chi connectivity index (χ1) is 15.5. The number of primary amides is 1. The minimum atomic E-state index is -4.07. The summed E-state index contributed by atoms with van der Waals surface area (Å²) in [5, 5.41) is 10.6. The molecule has 4 N–H and O–H groups in total. The number of nitrogens with one attached hydrogen (secondary N) is 1. The van der Waals surface area contributed by atoms with Crippen molar-refractivity contribution in [3.63, 3.8) is 0 Å². The number of carboxylic acid groups (broad SMARTS) is 1. The summed E-state index contributed by atoms with van der Waals surface area (Å²) in [5.74, 6) is -1.46. The zero-order chi connectivity index (χ0) is 24.2. The zero-order valence-electron chi connectivity index (χ0n) is 17.2. The molecule has 1 aromatic heterocycles. The number of amides is 2. The standard InChI is InChI=1S/C21H19FN4O6S/c1-13-2-6-16(7-3-13)33(30,31)25-20-9-5-15(11-26(20)12-19(23)27)32-14-4-8-18(17(22)10-14)24-21(28)29/h2-11,24H,12H2,1H3,(H2,23,27)(H,28,29)/b25-20-. The van der Waals surface area contributed by atoms with E-state index in [-0.39, 0.29) is 27.6 Å². The normalized spacial score (nSPS) is 11.8.